The molecule has 0 bridgehead atoms. The summed E-state index contributed by atoms with van der Waals surface area (Å²) in [5.74, 6) is -3.77. The molecule has 2 aromatic carbocycles. The van der Waals surface area contributed by atoms with Crippen LogP contribution >= 0.6 is 0 Å². The summed E-state index contributed by atoms with van der Waals surface area (Å²) in [5, 5.41) is 0. The quantitative estimate of drug-likeness (QED) is 0.354. The molecular weight excluding hydrogens is 471 g/mol. The van der Waals surface area contributed by atoms with Crippen molar-refractivity contribution in [1.29, 1.82) is 0 Å². The third kappa shape index (κ3) is 4.02. The first-order valence-electron chi connectivity index (χ1n) is 11.7. The number of amides is 1. The Hall–Kier alpha value is -3.75. The van der Waals surface area contributed by atoms with Gasteiger partial charge in [-0.3, -0.25) is 4.79 Å². The standard InChI is InChI=1S/C27H26F3N3O3/c1-15-13-32(14-31-15)21-6-5-16(9-22(21)35-4)10-23-26(34)33-20(7-8-24(33)27(2,3)36-23)17-11-18(28)25(30)19(29)12-17/h5-6,9-14,20,24H,7-8H2,1-4H3/b23-10-. The number of ether oxygens (including phenoxy) is 2. The molecule has 2 fully saturated rings. The number of hydrogen-bond donors (Lipinski definition) is 0. The summed E-state index contributed by atoms with van der Waals surface area (Å²) in [7, 11) is 1.56. The Balaban J connectivity index is 1.51. The first-order chi connectivity index (χ1) is 17.1. The molecule has 188 valence electrons. The van der Waals surface area contributed by atoms with Gasteiger partial charge in [0, 0.05) is 6.20 Å². The fraction of sp³-hybridized carbons (Fsp3) is 0.333. The van der Waals surface area contributed by atoms with Crippen molar-refractivity contribution in [2.24, 2.45) is 0 Å². The van der Waals surface area contributed by atoms with E-state index in [2.05, 4.69) is 4.98 Å². The van der Waals surface area contributed by atoms with Crippen molar-refractivity contribution in [2.75, 3.05) is 7.11 Å². The average molecular weight is 498 g/mol. The summed E-state index contributed by atoms with van der Waals surface area (Å²) < 4.78 is 55.1. The van der Waals surface area contributed by atoms with Gasteiger partial charge in [0.2, 0.25) is 0 Å². The number of aryl methyl sites for hydroxylation is 1. The lowest BCUT2D eigenvalue weighted by Crippen LogP contribution is -2.55. The van der Waals surface area contributed by atoms with Crippen LogP contribution in [0.2, 0.25) is 0 Å². The molecular formula is C27H26F3N3O3. The van der Waals surface area contributed by atoms with Crippen molar-refractivity contribution < 1.29 is 27.4 Å². The van der Waals surface area contributed by atoms with Gasteiger partial charge in [0.1, 0.15) is 11.4 Å². The summed E-state index contributed by atoms with van der Waals surface area (Å²) in [6.07, 6.45) is 6.27. The van der Waals surface area contributed by atoms with Crippen LogP contribution in [0.5, 0.6) is 5.75 Å². The number of imidazole rings is 1. The minimum atomic E-state index is -1.52. The predicted molar refractivity (Wildman–Crippen MR) is 127 cm³/mol. The second kappa shape index (κ2) is 8.72. The number of hydrogen-bond acceptors (Lipinski definition) is 4. The van der Waals surface area contributed by atoms with Crippen LogP contribution in [0, 0.1) is 24.4 Å². The number of halogens is 3. The van der Waals surface area contributed by atoms with E-state index in [1.165, 1.54) is 0 Å². The Morgan fingerprint density at radius 1 is 1.14 bits per heavy atom. The van der Waals surface area contributed by atoms with Crippen LogP contribution in [0.1, 0.15) is 49.6 Å². The van der Waals surface area contributed by atoms with Crippen molar-refractivity contribution in [3.63, 3.8) is 0 Å². The third-order valence-corrected chi connectivity index (χ3v) is 6.89. The lowest BCUT2D eigenvalue weighted by Gasteiger charge is -2.45. The maximum Gasteiger partial charge on any atom is 0.289 e. The van der Waals surface area contributed by atoms with Crippen molar-refractivity contribution in [2.45, 2.75) is 51.3 Å². The Morgan fingerprint density at radius 2 is 1.86 bits per heavy atom. The molecule has 0 radical (unpaired) electrons. The monoisotopic (exact) mass is 497 g/mol. The van der Waals surface area contributed by atoms with Crippen molar-refractivity contribution in [3.05, 3.63) is 82.9 Å². The fourth-order valence-electron chi connectivity index (χ4n) is 5.19. The van der Waals surface area contributed by atoms with Crippen molar-refractivity contribution in [3.8, 4) is 11.4 Å². The van der Waals surface area contributed by atoms with Gasteiger partial charge in [-0.05, 0) is 75.1 Å². The van der Waals surface area contributed by atoms with E-state index in [9.17, 15) is 18.0 Å². The zero-order chi connectivity index (χ0) is 25.8. The van der Waals surface area contributed by atoms with E-state index in [-0.39, 0.29) is 23.3 Å². The van der Waals surface area contributed by atoms with Gasteiger partial charge in [0.25, 0.3) is 5.91 Å². The summed E-state index contributed by atoms with van der Waals surface area (Å²) in [6, 6.07) is 6.51. The van der Waals surface area contributed by atoms with E-state index in [1.54, 1.807) is 30.5 Å². The lowest BCUT2D eigenvalue weighted by atomic mass is 9.94. The van der Waals surface area contributed by atoms with E-state index in [1.807, 2.05) is 43.7 Å². The van der Waals surface area contributed by atoms with E-state index in [4.69, 9.17) is 9.47 Å². The number of morpholine rings is 1. The predicted octanol–water partition coefficient (Wildman–Crippen LogP) is 5.49. The first kappa shape index (κ1) is 24.0. The van der Waals surface area contributed by atoms with Gasteiger partial charge >= 0.3 is 0 Å². The molecule has 0 saturated carbocycles. The molecule has 0 spiro atoms. The highest BCUT2D eigenvalue weighted by Gasteiger charge is 2.52. The molecule has 2 aliphatic heterocycles. The number of aromatic nitrogens is 2. The molecule has 0 aliphatic carbocycles. The number of nitrogens with zero attached hydrogens (tertiary/aromatic N) is 3. The summed E-state index contributed by atoms with van der Waals surface area (Å²) in [6.45, 7) is 5.65. The Kier molecular flexibility index (Phi) is 5.81. The highest BCUT2D eigenvalue weighted by Crippen LogP contribution is 2.46. The molecule has 1 amide bonds. The molecule has 0 N–H and O–H groups in total. The summed E-state index contributed by atoms with van der Waals surface area (Å²) in [5.41, 5.74) is 1.81. The minimum absolute atomic E-state index is 0.111. The van der Waals surface area contributed by atoms with Crippen molar-refractivity contribution in [1.82, 2.24) is 14.5 Å². The third-order valence-electron chi connectivity index (χ3n) is 6.89. The normalized spacial score (nSPS) is 22.0. The summed E-state index contributed by atoms with van der Waals surface area (Å²) >= 11 is 0. The number of fused-ring (bicyclic) bond motifs is 1. The number of rotatable bonds is 4. The highest BCUT2D eigenvalue weighted by atomic mass is 19.2. The molecule has 5 rings (SSSR count). The van der Waals surface area contributed by atoms with E-state index in [0.717, 1.165) is 23.5 Å². The molecule has 2 saturated heterocycles. The van der Waals surface area contributed by atoms with Crippen LogP contribution in [0.15, 0.2) is 48.6 Å². The molecule has 9 heteroatoms. The first-order valence-corrected chi connectivity index (χ1v) is 11.7. The number of methoxy groups -OCH3 is 1. The van der Waals surface area contributed by atoms with Gasteiger partial charge in [-0.15, -0.1) is 0 Å². The second-order valence-electron chi connectivity index (χ2n) is 9.69. The maximum atomic E-state index is 14.0. The van der Waals surface area contributed by atoms with Crippen LogP contribution in [0.4, 0.5) is 13.2 Å². The molecule has 6 nitrogen and oxygen atoms in total. The Bertz CT molecular complexity index is 1360. The van der Waals surface area contributed by atoms with Gasteiger partial charge in [0.05, 0.1) is 36.9 Å². The molecule has 3 aromatic rings. The zero-order valence-electron chi connectivity index (χ0n) is 20.4. The maximum absolute atomic E-state index is 14.0. The molecule has 36 heavy (non-hydrogen) atoms. The number of benzene rings is 2. The largest absolute Gasteiger partial charge is 0.495 e. The molecule has 1 aromatic heterocycles. The SMILES string of the molecule is COc1cc(/C=C2\OC(C)(C)C3CCC(c4cc(F)c(F)c(F)c4)N3C2=O)ccc1-n1cnc(C)c1. The average Bonchev–Trinajstić information content (AvgIpc) is 3.48. The molecule has 2 atom stereocenters. The number of carbonyl (C=O) groups is 1. The van der Waals surface area contributed by atoms with Gasteiger partial charge in [-0.2, -0.15) is 0 Å². The van der Waals surface area contributed by atoms with Crippen LogP contribution in [0.25, 0.3) is 11.8 Å². The van der Waals surface area contributed by atoms with Gasteiger partial charge < -0.3 is 18.9 Å². The zero-order valence-corrected chi connectivity index (χ0v) is 20.4. The van der Waals surface area contributed by atoms with Crippen LogP contribution < -0.4 is 4.74 Å². The fourth-order valence-corrected chi connectivity index (χ4v) is 5.19. The minimum Gasteiger partial charge on any atom is -0.495 e. The molecule has 2 aliphatic rings. The summed E-state index contributed by atoms with van der Waals surface area (Å²) in [4.78, 5) is 19.5. The Morgan fingerprint density at radius 3 is 2.50 bits per heavy atom. The molecule has 2 unspecified atom stereocenters. The van der Waals surface area contributed by atoms with Crippen LogP contribution in [0.3, 0.4) is 0 Å². The number of carbonyl (C=O) groups excluding carboxylic acids is 1. The lowest BCUT2D eigenvalue weighted by molar-refractivity contribution is -0.155. The van der Waals surface area contributed by atoms with Gasteiger partial charge in [-0.1, -0.05) is 6.07 Å². The van der Waals surface area contributed by atoms with E-state index >= 15 is 0 Å². The Labute approximate surface area is 207 Å². The van der Waals surface area contributed by atoms with Gasteiger partial charge in [0.15, 0.2) is 23.2 Å². The highest BCUT2D eigenvalue weighted by molar-refractivity contribution is 5.97. The van der Waals surface area contributed by atoms with Crippen LogP contribution in [-0.4, -0.2) is 39.1 Å². The molecule has 3 heterocycles. The van der Waals surface area contributed by atoms with E-state index in [0.29, 0.717) is 24.2 Å². The van der Waals surface area contributed by atoms with Crippen LogP contribution in [-0.2, 0) is 9.53 Å². The van der Waals surface area contributed by atoms with Crippen molar-refractivity contribution >= 4 is 12.0 Å². The topological polar surface area (TPSA) is 56.6 Å². The van der Waals surface area contributed by atoms with Gasteiger partial charge in [-0.25, -0.2) is 18.2 Å². The second-order valence-corrected chi connectivity index (χ2v) is 9.69. The smallest absolute Gasteiger partial charge is 0.289 e. The van der Waals surface area contributed by atoms with E-state index < -0.39 is 29.1 Å².